The lowest BCUT2D eigenvalue weighted by Gasteiger charge is -2.33. The molecule has 2 heterocycles. The molecule has 0 radical (unpaired) electrons. The number of anilines is 1. The van der Waals surface area contributed by atoms with E-state index < -0.39 is 0 Å². The minimum atomic E-state index is 0.473. The van der Waals surface area contributed by atoms with Crippen LogP contribution in [0.1, 0.15) is 32.4 Å². The molecule has 0 unspecified atom stereocenters. The van der Waals surface area contributed by atoms with E-state index in [1.807, 2.05) is 0 Å². The van der Waals surface area contributed by atoms with E-state index in [0.717, 1.165) is 50.4 Å². The Bertz CT molecular complexity index is 419. The summed E-state index contributed by atoms with van der Waals surface area (Å²) >= 11 is 0. The third kappa shape index (κ3) is 3.73. The highest BCUT2D eigenvalue weighted by molar-refractivity contribution is 5.28. The summed E-state index contributed by atoms with van der Waals surface area (Å²) in [6, 6.07) is 1.26. The normalized spacial score (nSPS) is 20.9. The van der Waals surface area contributed by atoms with E-state index in [2.05, 4.69) is 33.9 Å². The van der Waals surface area contributed by atoms with Gasteiger partial charge in [-0.05, 0) is 18.8 Å². The quantitative estimate of drug-likeness (QED) is 0.858. The number of hydrogen-bond acceptors (Lipinski definition) is 5. The molecule has 0 spiro atoms. The fraction of sp³-hybridized carbons (Fsp3) is 0.800. The molecule has 1 aromatic heterocycles. The maximum atomic E-state index is 5.62. The monoisotopic (exact) mass is 278 g/mol. The Morgan fingerprint density at radius 1 is 1.30 bits per heavy atom. The van der Waals surface area contributed by atoms with Crippen molar-refractivity contribution in [2.24, 2.45) is 5.92 Å². The van der Waals surface area contributed by atoms with E-state index in [9.17, 15) is 0 Å². The van der Waals surface area contributed by atoms with Crippen molar-refractivity contribution in [1.29, 1.82) is 0 Å². The molecule has 1 N–H and O–H groups in total. The molecule has 1 aromatic rings. The molecule has 2 aliphatic rings. The molecule has 5 nitrogen and oxygen atoms in total. The van der Waals surface area contributed by atoms with E-state index >= 15 is 0 Å². The molecule has 1 saturated carbocycles. The SMILES string of the molecule is CC(C)NCc1coc(N2CCN(CC3CC3)CC2)n1. The standard InChI is InChI=1S/C15H26N4O/c1-12(2)16-9-14-11-20-15(17-14)19-7-5-18(6-8-19)10-13-3-4-13/h11-13,16H,3-10H2,1-2H3. The van der Waals surface area contributed by atoms with Crippen LogP contribution < -0.4 is 10.2 Å². The number of oxazole rings is 1. The molecule has 0 atom stereocenters. The van der Waals surface area contributed by atoms with Crippen molar-refractivity contribution in [2.45, 2.75) is 39.3 Å². The Kier molecular flexibility index (Phi) is 4.27. The van der Waals surface area contributed by atoms with Gasteiger partial charge in [-0.1, -0.05) is 13.8 Å². The smallest absolute Gasteiger partial charge is 0.297 e. The van der Waals surface area contributed by atoms with E-state index in [0.29, 0.717) is 6.04 Å². The maximum Gasteiger partial charge on any atom is 0.297 e. The van der Waals surface area contributed by atoms with Gasteiger partial charge in [0, 0.05) is 45.3 Å². The highest BCUT2D eigenvalue weighted by Gasteiger charge is 2.27. The van der Waals surface area contributed by atoms with Crippen LogP contribution in [0, 0.1) is 5.92 Å². The van der Waals surface area contributed by atoms with Gasteiger partial charge in [-0.3, -0.25) is 4.90 Å². The number of piperazine rings is 1. The largest absolute Gasteiger partial charge is 0.432 e. The first-order chi connectivity index (χ1) is 9.70. The van der Waals surface area contributed by atoms with Gasteiger partial charge in [-0.2, -0.15) is 4.98 Å². The highest BCUT2D eigenvalue weighted by Crippen LogP contribution is 2.30. The zero-order valence-corrected chi connectivity index (χ0v) is 12.6. The van der Waals surface area contributed by atoms with Crippen molar-refractivity contribution < 1.29 is 4.42 Å². The first-order valence-corrected chi connectivity index (χ1v) is 7.86. The second-order valence-electron chi connectivity index (χ2n) is 6.39. The molecule has 2 fully saturated rings. The van der Waals surface area contributed by atoms with Crippen LogP contribution in [0.15, 0.2) is 10.7 Å². The van der Waals surface area contributed by atoms with Gasteiger partial charge in [-0.25, -0.2) is 0 Å². The zero-order valence-electron chi connectivity index (χ0n) is 12.6. The van der Waals surface area contributed by atoms with Gasteiger partial charge in [0.2, 0.25) is 0 Å². The molecule has 5 heteroatoms. The van der Waals surface area contributed by atoms with Crippen molar-refractivity contribution in [3.8, 4) is 0 Å². The van der Waals surface area contributed by atoms with Crippen molar-refractivity contribution in [3.63, 3.8) is 0 Å². The molecule has 20 heavy (non-hydrogen) atoms. The molecule has 0 aromatic carbocycles. The van der Waals surface area contributed by atoms with Crippen LogP contribution in [0.5, 0.6) is 0 Å². The van der Waals surface area contributed by atoms with Gasteiger partial charge in [0.25, 0.3) is 6.01 Å². The van der Waals surface area contributed by atoms with Crippen molar-refractivity contribution >= 4 is 6.01 Å². The van der Waals surface area contributed by atoms with Crippen LogP contribution in [0.3, 0.4) is 0 Å². The van der Waals surface area contributed by atoms with E-state index in [4.69, 9.17) is 4.42 Å². The van der Waals surface area contributed by atoms with Gasteiger partial charge < -0.3 is 14.6 Å². The highest BCUT2D eigenvalue weighted by atomic mass is 16.4. The second-order valence-corrected chi connectivity index (χ2v) is 6.39. The first kappa shape index (κ1) is 13.9. The Labute approximate surface area is 121 Å². The van der Waals surface area contributed by atoms with Gasteiger partial charge in [0.1, 0.15) is 6.26 Å². The van der Waals surface area contributed by atoms with Crippen LogP contribution in [0.2, 0.25) is 0 Å². The van der Waals surface area contributed by atoms with E-state index in [1.54, 1.807) is 6.26 Å². The summed E-state index contributed by atoms with van der Waals surface area (Å²) in [5.41, 5.74) is 0.995. The van der Waals surface area contributed by atoms with Crippen molar-refractivity contribution in [1.82, 2.24) is 15.2 Å². The van der Waals surface area contributed by atoms with Gasteiger partial charge in [-0.15, -0.1) is 0 Å². The summed E-state index contributed by atoms with van der Waals surface area (Å²) in [4.78, 5) is 9.43. The first-order valence-electron chi connectivity index (χ1n) is 7.86. The van der Waals surface area contributed by atoms with Crippen LogP contribution >= 0.6 is 0 Å². The van der Waals surface area contributed by atoms with Crippen LogP contribution in [-0.4, -0.2) is 48.6 Å². The summed E-state index contributed by atoms with van der Waals surface area (Å²) in [7, 11) is 0. The molecule has 1 aliphatic carbocycles. The molecule has 3 rings (SSSR count). The fourth-order valence-electron chi connectivity index (χ4n) is 2.62. The van der Waals surface area contributed by atoms with E-state index in [-0.39, 0.29) is 0 Å². The molecular formula is C15H26N4O. The molecule has 1 saturated heterocycles. The summed E-state index contributed by atoms with van der Waals surface area (Å²) in [6.07, 6.45) is 4.65. The Balaban J connectivity index is 1.47. The number of hydrogen-bond donors (Lipinski definition) is 1. The van der Waals surface area contributed by atoms with Crippen LogP contribution in [-0.2, 0) is 6.54 Å². The predicted octanol–water partition coefficient (Wildman–Crippen LogP) is 1.70. The van der Waals surface area contributed by atoms with Gasteiger partial charge >= 0.3 is 0 Å². The minimum Gasteiger partial charge on any atom is -0.432 e. The van der Waals surface area contributed by atoms with Crippen LogP contribution in [0.4, 0.5) is 6.01 Å². The summed E-state index contributed by atoms with van der Waals surface area (Å²) in [5, 5.41) is 3.36. The van der Waals surface area contributed by atoms with E-state index in [1.165, 1.54) is 19.4 Å². The maximum absolute atomic E-state index is 5.62. The summed E-state index contributed by atoms with van der Waals surface area (Å²) < 4.78 is 5.62. The number of nitrogens with one attached hydrogen (secondary N) is 1. The van der Waals surface area contributed by atoms with Crippen molar-refractivity contribution in [2.75, 3.05) is 37.6 Å². The third-order valence-corrected chi connectivity index (χ3v) is 4.09. The van der Waals surface area contributed by atoms with Crippen molar-refractivity contribution in [3.05, 3.63) is 12.0 Å². The fourth-order valence-corrected chi connectivity index (χ4v) is 2.62. The predicted molar refractivity (Wildman–Crippen MR) is 79.9 cm³/mol. The molecule has 112 valence electrons. The Morgan fingerprint density at radius 2 is 2.05 bits per heavy atom. The zero-order chi connectivity index (χ0) is 13.9. The number of rotatable bonds is 6. The van der Waals surface area contributed by atoms with Gasteiger partial charge in [0.15, 0.2) is 0 Å². The molecular weight excluding hydrogens is 252 g/mol. The second kappa shape index (κ2) is 6.14. The molecule has 0 bridgehead atoms. The average Bonchev–Trinajstić information content (AvgIpc) is 3.12. The lowest BCUT2D eigenvalue weighted by Crippen LogP contribution is -2.47. The summed E-state index contributed by atoms with van der Waals surface area (Å²) in [5.74, 6) is 0.983. The summed E-state index contributed by atoms with van der Waals surface area (Å²) in [6.45, 7) is 10.7. The van der Waals surface area contributed by atoms with Gasteiger partial charge in [0.05, 0.1) is 5.69 Å². The van der Waals surface area contributed by atoms with Crippen LogP contribution in [0.25, 0.3) is 0 Å². The Hall–Kier alpha value is -1.07. The third-order valence-electron chi connectivity index (χ3n) is 4.09. The molecule has 0 amide bonds. The average molecular weight is 278 g/mol. The number of nitrogens with zero attached hydrogens (tertiary/aromatic N) is 3. The number of aromatic nitrogens is 1. The molecule has 1 aliphatic heterocycles. The minimum absolute atomic E-state index is 0.473. The lowest BCUT2D eigenvalue weighted by molar-refractivity contribution is 0.243. The Morgan fingerprint density at radius 3 is 2.70 bits per heavy atom. The lowest BCUT2D eigenvalue weighted by atomic mass is 10.3. The topological polar surface area (TPSA) is 44.5 Å².